The molecule has 3 rings (SSSR count). The molecule has 1 fully saturated rings. The number of thiophene rings is 1. The second-order valence-electron chi connectivity index (χ2n) is 5.75. The van der Waals surface area contributed by atoms with E-state index in [2.05, 4.69) is 15.2 Å². The predicted octanol–water partition coefficient (Wildman–Crippen LogP) is 2.08. The van der Waals surface area contributed by atoms with Crippen LogP contribution >= 0.6 is 11.3 Å². The Kier molecular flexibility index (Phi) is 5.25. The third kappa shape index (κ3) is 4.53. The largest absolute Gasteiger partial charge is 0.481 e. The van der Waals surface area contributed by atoms with Crippen LogP contribution in [0.4, 0.5) is 0 Å². The van der Waals surface area contributed by atoms with Crippen LogP contribution in [0.2, 0.25) is 0 Å². The highest BCUT2D eigenvalue weighted by molar-refractivity contribution is 7.10. The van der Waals surface area contributed by atoms with E-state index in [1.807, 2.05) is 35.8 Å². The Bertz CT molecular complexity index is 628. The van der Waals surface area contributed by atoms with Gasteiger partial charge < -0.3 is 10.1 Å². The second kappa shape index (κ2) is 7.57. The molecule has 0 bridgehead atoms. The summed E-state index contributed by atoms with van der Waals surface area (Å²) < 4.78 is 5.07. The maximum absolute atomic E-state index is 12.1. The fourth-order valence-electron chi connectivity index (χ4n) is 2.83. The van der Waals surface area contributed by atoms with Gasteiger partial charge in [0.1, 0.15) is 0 Å². The minimum atomic E-state index is 0.116. The monoisotopic (exact) mass is 331 g/mol. The molecule has 1 aliphatic heterocycles. The van der Waals surface area contributed by atoms with E-state index in [1.165, 1.54) is 0 Å². The summed E-state index contributed by atoms with van der Waals surface area (Å²) in [6.45, 7) is 2.74. The molecule has 122 valence electrons. The molecule has 1 amide bonds. The van der Waals surface area contributed by atoms with Gasteiger partial charge in [-0.05, 0) is 23.4 Å². The number of pyridine rings is 1. The Morgan fingerprint density at radius 3 is 3.09 bits per heavy atom. The number of likely N-dealkylation sites (tertiary alicyclic amines) is 1. The lowest BCUT2D eigenvalue weighted by molar-refractivity contribution is -0.121. The van der Waals surface area contributed by atoms with E-state index in [4.69, 9.17) is 4.74 Å². The van der Waals surface area contributed by atoms with Crippen molar-refractivity contribution in [3.8, 4) is 5.88 Å². The van der Waals surface area contributed by atoms with Crippen molar-refractivity contribution in [1.29, 1.82) is 0 Å². The van der Waals surface area contributed by atoms with Crippen molar-refractivity contribution in [2.75, 3.05) is 20.2 Å². The lowest BCUT2D eigenvalue weighted by Crippen LogP contribution is -2.37. The maximum Gasteiger partial charge on any atom is 0.225 e. The van der Waals surface area contributed by atoms with Crippen molar-refractivity contribution < 1.29 is 9.53 Å². The highest BCUT2D eigenvalue weighted by Gasteiger charge is 2.23. The van der Waals surface area contributed by atoms with Gasteiger partial charge >= 0.3 is 0 Å². The number of carbonyl (C=O) groups is 1. The topological polar surface area (TPSA) is 54.5 Å². The van der Waals surface area contributed by atoms with Crippen molar-refractivity contribution in [3.63, 3.8) is 0 Å². The summed E-state index contributed by atoms with van der Waals surface area (Å²) >= 11 is 1.63. The molecule has 0 saturated carbocycles. The van der Waals surface area contributed by atoms with Crippen molar-refractivity contribution >= 4 is 17.2 Å². The van der Waals surface area contributed by atoms with E-state index >= 15 is 0 Å². The Hall–Kier alpha value is -1.92. The highest BCUT2D eigenvalue weighted by atomic mass is 32.1. The van der Waals surface area contributed by atoms with Gasteiger partial charge in [0.25, 0.3) is 0 Å². The number of nitrogens with zero attached hydrogens (tertiary/aromatic N) is 2. The average Bonchev–Trinajstić information content (AvgIpc) is 3.20. The quantitative estimate of drug-likeness (QED) is 0.881. The van der Waals surface area contributed by atoms with Gasteiger partial charge in [-0.2, -0.15) is 0 Å². The number of carbonyl (C=O) groups excluding carboxylic acids is 1. The minimum Gasteiger partial charge on any atom is -0.481 e. The summed E-state index contributed by atoms with van der Waals surface area (Å²) in [4.78, 5) is 19.7. The van der Waals surface area contributed by atoms with E-state index < -0.39 is 0 Å². The molecule has 0 aromatic carbocycles. The van der Waals surface area contributed by atoms with Crippen molar-refractivity contribution in [2.45, 2.75) is 25.4 Å². The number of amides is 1. The van der Waals surface area contributed by atoms with Crippen LogP contribution in [0.15, 0.2) is 35.8 Å². The van der Waals surface area contributed by atoms with Gasteiger partial charge in [-0.15, -0.1) is 11.3 Å². The molecule has 1 saturated heterocycles. The first-order valence-electron chi connectivity index (χ1n) is 7.76. The number of ether oxygens (including phenoxy) is 1. The van der Waals surface area contributed by atoms with Gasteiger partial charge in [-0.25, -0.2) is 4.98 Å². The highest BCUT2D eigenvalue weighted by Crippen LogP contribution is 2.15. The Morgan fingerprint density at radius 1 is 1.48 bits per heavy atom. The molecule has 0 spiro atoms. The molecule has 1 aliphatic rings. The fraction of sp³-hybridized carbons (Fsp3) is 0.412. The van der Waals surface area contributed by atoms with Gasteiger partial charge in [0, 0.05) is 42.8 Å². The lowest BCUT2D eigenvalue weighted by Gasteiger charge is -2.16. The number of rotatable bonds is 6. The Morgan fingerprint density at radius 2 is 2.39 bits per heavy atom. The summed E-state index contributed by atoms with van der Waals surface area (Å²) in [5, 5.41) is 5.14. The van der Waals surface area contributed by atoms with Crippen LogP contribution in [0.5, 0.6) is 5.88 Å². The average molecular weight is 331 g/mol. The molecule has 0 radical (unpaired) electrons. The molecule has 6 heteroatoms. The van der Waals surface area contributed by atoms with Crippen molar-refractivity contribution in [1.82, 2.24) is 15.2 Å². The number of hydrogen-bond acceptors (Lipinski definition) is 5. The van der Waals surface area contributed by atoms with Crippen LogP contribution in [-0.4, -0.2) is 42.0 Å². The van der Waals surface area contributed by atoms with Crippen LogP contribution in [0.1, 0.15) is 16.9 Å². The SMILES string of the molecule is COc1ccc(CN2CCC(NC(=O)Cc3cccs3)C2)cn1. The van der Waals surface area contributed by atoms with Crippen LogP contribution in [0, 0.1) is 0 Å². The van der Waals surface area contributed by atoms with E-state index in [-0.39, 0.29) is 11.9 Å². The van der Waals surface area contributed by atoms with Crippen LogP contribution in [-0.2, 0) is 17.8 Å². The van der Waals surface area contributed by atoms with E-state index in [9.17, 15) is 4.79 Å². The van der Waals surface area contributed by atoms with Crippen molar-refractivity contribution in [2.24, 2.45) is 0 Å². The smallest absolute Gasteiger partial charge is 0.225 e. The van der Waals surface area contributed by atoms with Crippen LogP contribution in [0.3, 0.4) is 0 Å². The molecule has 2 aromatic rings. The lowest BCUT2D eigenvalue weighted by atomic mass is 10.2. The zero-order valence-corrected chi connectivity index (χ0v) is 14.0. The predicted molar refractivity (Wildman–Crippen MR) is 90.6 cm³/mol. The van der Waals surface area contributed by atoms with Gasteiger partial charge in [-0.3, -0.25) is 9.69 Å². The Labute approximate surface area is 140 Å². The van der Waals surface area contributed by atoms with E-state index in [1.54, 1.807) is 18.4 Å². The maximum atomic E-state index is 12.1. The summed E-state index contributed by atoms with van der Waals surface area (Å²) in [6, 6.07) is 8.14. The molecule has 5 nitrogen and oxygen atoms in total. The third-order valence-electron chi connectivity index (χ3n) is 3.97. The van der Waals surface area contributed by atoms with Gasteiger partial charge in [0.05, 0.1) is 13.5 Å². The van der Waals surface area contributed by atoms with Gasteiger partial charge in [-0.1, -0.05) is 12.1 Å². The molecule has 1 atom stereocenters. The fourth-order valence-corrected chi connectivity index (χ4v) is 3.53. The molecule has 0 aliphatic carbocycles. The number of nitrogens with one attached hydrogen (secondary N) is 1. The van der Waals surface area contributed by atoms with E-state index in [0.29, 0.717) is 12.3 Å². The third-order valence-corrected chi connectivity index (χ3v) is 4.84. The van der Waals surface area contributed by atoms with Gasteiger partial charge in [0.2, 0.25) is 11.8 Å². The second-order valence-corrected chi connectivity index (χ2v) is 6.79. The summed E-state index contributed by atoms with van der Waals surface area (Å²) in [5.74, 6) is 0.749. The summed E-state index contributed by atoms with van der Waals surface area (Å²) in [7, 11) is 1.62. The Balaban J connectivity index is 1.45. The van der Waals surface area contributed by atoms with Crippen molar-refractivity contribution in [3.05, 3.63) is 46.3 Å². The first kappa shape index (κ1) is 16.0. The van der Waals surface area contributed by atoms with E-state index in [0.717, 1.165) is 36.5 Å². The first-order chi connectivity index (χ1) is 11.2. The zero-order valence-electron chi connectivity index (χ0n) is 13.2. The molecule has 1 unspecified atom stereocenters. The minimum absolute atomic E-state index is 0.116. The summed E-state index contributed by atoms with van der Waals surface area (Å²) in [5.41, 5.74) is 1.16. The van der Waals surface area contributed by atoms with Crippen LogP contribution < -0.4 is 10.1 Å². The number of hydrogen-bond donors (Lipinski definition) is 1. The first-order valence-corrected chi connectivity index (χ1v) is 8.64. The zero-order chi connectivity index (χ0) is 16.1. The molecular formula is C17H21N3O2S. The normalized spacial score (nSPS) is 18.0. The number of aromatic nitrogens is 1. The number of methoxy groups -OCH3 is 1. The molecule has 23 heavy (non-hydrogen) atoms. The van der Waals surface area contributed by atoms with Gasteiger partial charge in [0.15, 0.2) is 0 Å². The summed E-state index contributed by atoms with van der Waals surface area (Å²) in [6.07, 6.45) is 3.33. The molecule has 3 heterocycles. The van der Waals surface area contributed by atoms with Crippen LogP contribution in [0.25, 0.3) is 0 Å². The molecule has 2 aromatic heterocycles. The molecule has 1 N–H and O–H groups in total. The standard InChI is InChI=1S/C17H21N3O2S/c1-22-17-5-4-13(10-18-17)11-20-7-6-14(12-20)19-16(21)9-15-3-2-8-23-15/h2-5,8,10,14H,6-7,9,11-12H2,1H3,(H,19,21). The molecular weight excluding hydrogens is 310 g/mol.